The maximum atomic E-state index is 5.34. The number of rotatable bonds is 1. The fraction of sp³-hybridized carbons (Fsp3) is 0.714. The second-order valence-electron chi connectivity index (χ2n) is 3.02. The van der Waals surface area contributed by atoms with Gasteiger partial charge >= 0.3 is 0 Å². The van der Waals surface area contributed by atoms with Crippen molar-refractivity contribution in [2.45, 2.75) is 25.7 Å². The molecule has 0 aromatic carbocycles. The van der Waals surface area contributed by atoms with Gasteiger partial charge < -0.3 is 5.32 Å². The Hall–Kier alpha value is -0.260. The van der Waals surface area contributed by atoms with Gasteiger partial charge in [-0.25, -0.2) is 0 Å². The molecule has 1 aliphatic heterocycles. The second kappa shape index (κ2) is 4.11. The van der Waals surface area contributed by atoms with Crippen LogP contribution in [0.15, 0.2) is 11.4 Å². The molecule has 0 atom stereocenters. The van der Waals surface area contributed by atoms with Gasteiger partial charge in [-0.05, 0) is 25.7 Å². The molecule has 0 amide bonds. The summed E-state index contributed by atoms with van der Waals surface area (Å²) >= 11 is 0. The lowest BCUT2D eigenvalue weighted by molar-refractivity contribution is 0.254. The summed E-state index contributed by atoms with van der Waals surface area (Å²) in [7, 11) is 0. The van der Waals surface area contributed by atoms with Gasteiger partial charge in [0, 0.05) is 5.70 Å². The molecule has 4 nitrogen and oxygen atoms in total. The van der Waals surface area contributed by atoms with E-state index in [0.29, 0.717) is 0 Å². The molecule has 4 N–H and O–H groups in total. The van der Waals surface area contributed by atoms with Crippen molar-refractivity contribution in [3.63, 3.8) is 0 Å². The van der Waals surface area contributed by atoms with E-state index in [1.165, 1.54) is 30.7 Å². The highest BCUT2D eigenvalue weighted by atomic mass is 79.9. The number of halogens is 1. The molecule has 2 rings (SSSR count). The molecule has 1 aliphatic carbocycles. The molecule has 12 heavy (non-hydrogen) atoms. The Morgan fingerprint density at radius 2 is 2.08 bits per heavy atom. The molecule has 0 aromatic rings. The molecule has 70 valence electrons. The molecule has 0 fully saturated rings. The van der Waals surface area contributed by atoms with E-state index < -0.39 is 0 Å². The monoisotopic (exact) mass is 234 g/mol. The van der Waals surface area contributed by atoms with Crippen molar-refractivity contribution >= 4 is 17.0 Å². The lowest BCUT2D eigenvalue weighted by Crippen LogP contribution is -2.42. The molecule has 0 spiro atoms. The first-order valence-electron chi connectivity index (χ1n) is 4.11. The summed E-state index contributed by atoms with van der Waals surface area (Å²) in [5, 5.41) is 5.30. The van der Waals surface area contributed by atoms with E-state index in [-0.39, 0.29) is 17.0 Å². The topological polar surface area (TPSA) is 53.3 Å². The summed E-state index contributed by atoms with van der Waals surface area (Å²) < 4.78 is 0. The van der Waals surface area contributed by atoms with Gasteiger partial charge in [0.1, 0.15) is 6.67 Å². The first kappa shape index (κ1) is 9.83. The van der Waals surface area contributed by atoms with Crippen LogP contribution in [0, 0.1) is 0 Å². The first-order chi connectivity index (χ1) is 5.42. The fourth-order valence-electron chi connectivity index (χ4n) is 1.77. The zero-order valence-corrected chi connectivity index (χ0v) is 8.68. The smallest absolute Gasteiger partial charge is 0.104 e. The number of hydrogen-bond acceptors (Lipinski definition) is 4. The Morgan fingerprint density at radius 3 is 2.83 bits per heavy atom. The third-order valence-electron chi connectivity index (χ3n) is 2.37. The Bertz CT molecular complexity index is 192. The van der Waals surface area contributed by atoms with Crippen molar-refractivity contribution in [2.24, 2.45) is 5.84 Å². The zero-order chi connectivity index (χ0) is 7.68. The molecule has 5 heteroatoms. The van der Waals surface area contributed by atoms with E-state index in [0.717, 1.165) is 13.1 Å². The van der Waals surface area contributed by atoms with E-state index in [9.17, 15) is 0 Å². The SMILES string of the molecule is Br.NNN1CNC2=C1CCCC2. The van der Waals surface area contributed by atoms with Crippen LogP contribution < -0.4 is 16.7 Å². The van der Waals surface area contributed by atoms with Crippen molar-refractivity contribution in [3.05, 3.63) is 11.4 Å². The minimum Gasteiger partial charge on any atom is -0.369 e. The highest BCUT2D eigenvalue weighted by Gasteiger charge is 2.22. The third kappa shape index (κ3) is 1.57. The van der Waals surface area contributed by atoms with Gasteiger partial charge in [-0.15, -0.1) is 17.0 Å². The van der Waals surface area contributed by atoms with Gasteiger partial charge in [0.15, 0.2) is 0 Å². The number of nitrogens with two attached hydrogens (primary N) is 1. The minimum atomic E-state index is 0. The standard InChI is InChI=1S/C7H14N4.BrH/c8-10-11-5-9-6-3-1-2-4-7(6)11;/h9-10H,1-5,8H2;1H. The van der Waals surface area contributed by atoms with E-state index in [4.69, 9.17) is 5.84 Å². The van der Waals surface area contributed by atoms with Crippen LogP contribution in [0.5, 0.6) is 0 Å². The maximum absolute atomic E-state index is 5.34. The Kier molecular flexibility index (Phi) is 3.37. The summed E-state index contributed by atoms with van der Waals surface area (Å²) in [5.41, 5.74) is 5.42. The summed E-state index contributed by atoms with van der Waals surface area (Å²) in [6.45, 7) is 0.821. The number of nitrogens with one attached hydrogen (secondary N) is 2. The van der Waals surface area contributed by atoms with E-state index in [1.54, 1.807) is 0 Å². The van der Waals surface area contributed by atoms with Crippen LogP contribution in [0.1, 0.15) is 25.7 Å². The second-order valence-corrected chi connectivity index (χ2v) is 3.02. The molecule has 2 aliphatic rings. The highest BCUT2D eigenvalue weighted by molar-refractivity contribution is 8.93. The van der Waals surface area contributed by atoms with Crippen LogP contribution in [0.2, 0.25) is 0 Å². The average Bonchev–Trinajstić information content (AvgIpc) is 2.47. The van der Waals surface area contributed by atoms with Crippen molar-refractivity contribution < 1.29 is 0 Å². The third-order valence-corrected chi connectivity index (χ3v) is 2.37. The van der Waals surface area contributed by atoms with Crippen molar-refractivity contribution in [2.75, 3.05) is 6.67 Å². The average molecular weight is 235 g/mol. The first-order valence-corrected chi connectivity index (χ1v) is 4.11. The highest BCUT2D eigenvalue weighted by Crippen LogP contribution is 2.27. The van der Waals surface area contributed by atoms with Gasteiger partial charge in [-0.2, -0.15) is 5.53 Å². The lowest BCUT2D eigenvalue weighted by atomic mass is 10.0. The zero-order valence-electron chi connectivity index (χ0n) is 6.97. The quantitative estimate of drug-likeness (QED) is 0.460. The molecule has 0 radical (unpaired) electrons. The molecular formula is C7H15BrN4. The van der Waals surface area contributed by atoms with Gasteiger partial charge in [-0.3, -0.25) is 10.9 Å². The van der Waals surface area contributed by atoms with Crippen LogP contribution >= 0.6 is 17.0 Å². The van der Waals surface area contributed by atoms with Crippen molar-refractivity contribution in [1.29, 1.82) is 0 Å². The van der Waals surface area contributed by atoms with Crippen molar-refractivity contribution in [1.82, 2.24) is 15.9 Å². The predicted octanol–water partition coefficient (Wildman–Crippen LogP) is 0.591. The van der Waals surface area contributed by atoms with Gasteiger partial charge in [-0.1, -0.05) is 0 Å². The lowest BCUT2D eigenvalue weighted by Gasteiger charge is -2.20. The molecule has 0 aromatic heterocycles. The predicted molar refractivity (Wildman–Crippen MR) is 53.0 cm³/mol. The van der Waals surface area contributed by atoms with E-state index in [1.807, 2.05) is 5.01 Å². The van der Waals surface area contributed by atoms with Gasteiger partial charge in [0.05, 0.1) is 5.70 Å². The van der Waals surface area contributed by atoms with Gasteiger partial charge in [0.25, 0.3) is 0 Å². The van der Waals surface area contributed by atoms with Gasteiger partial charge in [0.2, 0.25) is 0 Å². The summed E-state index contributed by atoms with van der Waals surface area (Å²) in [4.78, 5) is 0. The normalized spacial score (nSPS) is 21.6. The summed E-state index contributed by atoms with van der Waals surface area (Å²) in [6, 6.07) is 0. The van der Waals surface area contributed by atoms with Crippen LogP contribution in [-0.2, 0) is 0 Å². The molecule has 1 heterocycles. The van der Waals surface area contributed by atoms with Crippen LogP contribution in [0.25, 0.3) is 0 Å². The molecule has 0 bridgehead atoms. The molecular weight excluding hydrogens is 220 g/mol. The maximum Gasteiger partial charge on any atom is 0.104 e. The number of nitrogens with zero attached hydrogens (tertiary/aromatic N) is 1. The summed E-state index contributed by atoms with van der Waals surface area (Å²) in [6.07, 6.45) is 4.95. The number of hydrogen-bond donors (Lipinski definition) is 3. The number of allylic oxidation sites excluding steroid dienone is 2. The Balaban J connectivity index is 0.000000720. The molecule has 0 unspecified atom stereocenters. The van der Waals surface area contributed by atoms with Crippen LogP contribution in [0.3, 0.4) is 0 Å². The molecule has 0 saturated heterocycles. The fourth-order valence-corrected chi connectivity index (χ4v) is 1.77. The van der Waals surface area contributed by atoms with Crippen LogP contribution in [0.4, 0.5) is 0 Å². The largest absolute Gasteiger partial charge is 0.369 e. The van der Waals surface area contributed by atoms with E-state index >= 15 is 0 Å². The van der Waals surface area contributed by atoms with E-state index in [2.05, 4.69) is 10.9 Å². The minimum absolute atomic E-state index is 0. The molecule has 0 saturated carbocycles. The number of hydrazine groups is 2. The Morgan fingerprint density at radius 1 is 1.33 bits per heavy atom. The van der Waals surface area contributed by atoms with Crippen molar-refractivity contribution in [3.8, 4) is 0 Å². The van der Waals surface area contributed by atoms with Crippen LogP contribution in [-0.4, -0.2) is 11.7 Å². The summed E-state index contributed by atoms with van der Waals surface area (Å²) in [5.74, 6) is 5.34. The Labute approximate surface area is 82.9 Å².